The number of nitrogens with one attached hydrogen (secondary N) is 1. The van der Waals surface area contributed by atoms with Gasteiger partial charge in [0.1, 0.15) is 29.5 Å². The molecule has 2 aromatic heterocycles. The monoisotopic (exact) mass is 397 g/mol. The second kappa shape index (κ2) is 7.80. The summed E-state index contributed by atoms with van der Waals surface area (Å²) in [4.78, 5) is 13.3. The first-order chi connectivity index (χ1) is 13.2. The van der Waals surface area contributed by atoms with Crippen LogP contribution in [-0.4, -0.2) is 44.4 Å². The van der Waals surface area contributed by atoms with Crippen molar-refractivity contribution in [2.45, 2.75) is 4.90 Å². The number of ether oxygens (including phenoxy) is 1. The Morgan fingerprint density at radius 2 is 2.15 bits per heavy atom. The first kappa shape index (κ1) is 18.2. The molecule has 27 heavy (non-hydrogen) atoms. The van der Waals surface area contributed by atoms with Gasteiger partial charge in [-0.15, -0.1) is 11.8 Å². The van der Waals surface area contributed by atoms with E-state index in [0.29, 0.717) is 12.4 Å². The molecule has 0 saturated heterocycles. The summed E-state index contributed by atoms with van der Waals surface area (Å²) in [7, 11) is 0. The molecule has 0 spiro atoms. The summed E-state index contributed by atoms with van der Waals surface area (Å²) in [6, 6.07) is 12.3. The lowest BCUT2D eigenvalue weighted by Crippen LogP contribution is -2.12. The summed E-state index contributed by atoms with van der Waals surface area (Å²) >= 11 is 0.809. The predicted octanol–water partition coefficient (Wildman–Crippen LogP) is 4.26. The number of thioether (sulfide) groups is 1. The normalized spacial score (nSPS) is 12.6. The van der Waals surface area contributed by atoms with Crippen LogP contribution in [0.3, 0.4) is 0 Å². The van der Waals surface area contributed by atoms with E-state index in [2.05, 4.69) is 51.5 Å². The average Bonchev–Trinajstić information content (AvgIpc) is 3.10. The lowest BCUT2D eigenvalue weighted by molar-refractivity contribution is 0.342. The van der Waals surface area contributed by atoms with Crippen molar-refractivity contribution < 1.29 is 9.29 Å². The van der Waals surface area contributed by atoms with Crippen LogP contribution in [0.25, 0.3) is 33.2 Å². The van der Waals surface area contributed by atoms with Crippen LogP contribution in [0.1, 0.15) is 0 Å². The standard InChI is InChI=1S/C20H19N3O2S2/c1-26-19-5-3-4-13-10-15(18(11-14(13)19)25-8-9-27(2)24)20-22-16-6-7-21-12-17(16)23-20/h3-7,10-12H,8-9H2,1-2H3,(H,22,23). The Morgan fingerprint density at radius 3 is 2.93 bits per heavy atom. The molecular formula is C20H19N3O2S2. The highest BCUT2D eigenvalue weighted by molar-refractivity contribution is 7.98. The maximum Gasteiger partial charge on any atom is 0.142 e. The molecule has 1 unspecified atom stereocenters. The molecule has 4 aromatic rings. The summed E-state index contributed by atoms with van der Waals surface area (Å²) in [6.45, 7) is 0.394. The second-order valence-electron chi connectivity index (χ2n) is 6.13. The summed E-state index contributed by atoms with van der Waals surface area (Å²) in [5, 5.41) is 2.26. The summed E-state index contributed by atoms with van der Waals surface area (Å²) in [5.41, 5.74) is 2.63. The van der Waals surface area contributed by atoms with Gasteiger partial charge in [0.25, 0.3) is 0 Å². The van der Waals surface area contributed by atoms with Crippen LogP contribution in [0.4, 0.5) is 0 Å². The van der Waals surface area contributed by atoms with Crippen molar-refractivity contribution in [1.82, 2.24) is 15.0 Å². The Kier molecular flexibility index (Phi) is 5.24. The highest BCUT2D eigenvalue weighted by atomic mass is 32.2. The van der Waals surface area contributed by atoms with Gasteiger partial charge in [0.2, 0.25) is 0 Å². The largest absolute Gasteiger partial charge is 0.616 e. The zero-order valence-corrected chi connectivity index (χ0v) is 16.7. The molecule has 2 heterocycles. The van der Waals surface area contributed by atoms with Gasteiger partial charge in [-0.2, -0.15) is 0 Å². The van der Waals surface area contributed by atoms with Crippen molar-refractivity contribution in [1.29, 1.82) is 0 Å². The molecule has 0 amide bonds. The molecule has 0 bridgehead atoms. The number of aromatic nitrogens is 3. The number of benzene rings is 2. The third kappa shape index (κ3) is 3.76. The number of imidazole rings is 1. The van der Waals surface area contributed by atoms with Gasteiger partial charge in [-0.1, -0.05) is 23.3 Å². The van der Waals surface area contributed by atoms with E-state index in [-0.39, 0.29) is 0 Å². The number of H-pyrrole nitrogens is 1. The van der Waals surface area contributed by atoms with E-state index in [1.165, 1.54) is 4.90 Å². The Hall–Kier alpha value is -2.22. The van der Waals surface area contributed by atoms with E-state index in [1.807, 2.05) is 6.07 Å². The van der Waals surface area contributed by atoms with Crippen LogP contribution < -0.4 is 4.74 Å². The van der Waals surface area contributed by atoms with Crippen molar-refractivity contribution >= 4 is 44.7 Å². The maximum atomic E-state index is 11.4. The summed E-state index contributed by atoms with van der Waals surface area (Å²) < 4.78 is 17.4. The molecule has 138 valence electrons. The van der Waals surface area contributed by atoms with E-state index < -0.39 is 11.2 Å². The third-order valence-electron chi connectivity index (χ3n) is 4.33. The number of hydrogen-bond acceptors (Lipinski definition) is 5. The Labute approximate surface area is 164 Å². The number of pyridine rings is 1. The summed E-state index contributed by atoms with van der Waals surface area (Å²) in [6.07, 6.45) is 7.23. The fourth-order valence-electron chi connectivity index (χ4n) is 3.01. The van der Waals surface area contributed by atoms with Gasteiger partial charge in [0, 0.05) is 11.1 Å². The zero-order valence-electron chi connectivity index (χ0n) is 15.1. The molecule has 0 saturated carbocycles. The number of nitrogens with zero attached hydrogens (tertiary/aromatic N) is 2. The molecule has 4 rings (SSSR count). The minimum Gasteiger partial charge on any atom is -0.616 e. The van der Waals surface area contributed by atoms with Crippen molar-refractivity contribution in [3.8, 4) is 17.1 Å². The first-order valence-electron chi connectivity index (χ1n) is 8.49. The molecule has 0 aliphatic carbocycles. The van der Waals surface area contributed by atoms with Gasteiger partial charge >= 0.3 is 0 Å². The highest BCUT2D eigenvalue weighted by Gasteiger charge is 2.15. The number of fused-ring (bicyclic) bond motifs is 2. The van der Waals surface area contributed by atoms with Crippen LogP contribution in [-0.2, 0) is 11.2 Å². The van der Waals surface area contributed by atoms with E-state index >= 15 is 0 Å². The highest BCUT2D eigenvalue weighted by Crippen LogP contribution is 2.37. The van der Waals surface area contributed by atoms with Crippen LogP contribution >= 0.6 is 11.8 Å². The molecule has 0 aliphatic rings. The predicted molar refractivity (Wildman–Crippen MR) is 113 cm³/mol. The minimum absolute atomic E-state index is 0.394. The topological polar surface area (TPSA) is 73.9 Å². The van der Waals surface area contributed by atoms with Crippen molar-refractivity contribution in [2.24, 2.45) is 0 Å². The maximum absolute atomic E-state index is 11.4. The third-order valence-corrected chi connectivity index (χ3v) is 5.87. The number of aromatic amines is 1. The van der Waals surface area contributed by atoms with E-state index in [1.54, 1.807) is 30.4 Å². The first-order valence-corrected chi connectivity index (χ1v) is 11.4. The molecule has 0 fully saturated rings. The van der Waals surface area contributed by atoms with Gasteiger partial charge < -0.3 is 14.3 Å². The van der Waals surface area contributed by atoms with E-state index in [0.717, 1.165) is 38.9 Å². The van der Waals surface area contributed by atoms with Crippen molar-refractivity contribution in [2.75, 3.05) is 24.9 Å². The van der Waals surface area contributed by atoms with Gasteiger partial charge in [-0.3, -0.25) is 4.98 Å². The molecule has 1 atom stereocenters. The molecule has 5 nitrogen and oxygen atoms in total. The Bertz CT molecular complexity index is 1060. The lowest BCUT2D eigenvalue weighted by atomic mass is 10.1. The van der Waals surface area contributed by atoms with Crippen molar-refractivity contribution in [3.05, 3.63) is 48.8 Å². The van der Waals surface area contributed by atoms with Crippen LogP contribution in [0.15, 0.2) is 53.7 Å². The van der Waals surface area contributed by atoms with Gasteiger partial charge in [-0.25, -0.2) is 4.98 Å². The lowest BCUT2D eigenvalue weighted by Gasteiger charge is -2.13. The quantitative estimate of drug-likeness (QED) is 0.389. The van der Waals surface area contributed by atoms with Gasteiger partial charge in [0.05, 0.1) is 23.5 Å². The van der Waals surface area contributed by atoms with E-state index in [9.17, 15) is 4.55 Å². The van der Waals surface area contributed by atoms with Crippen molar-refractivity contribution in [3.63, 3.8) is 0 Å². The smallest absolute Gasteiger partial charge is 0.142 e. The van der Waals surface area contributed by atoms with Gasteiger partial charge in [-0.05, 0) is 41.3 Å². The van der Waals surface area contributed by atoms with Crippen LogP contribution in [0, 0.1) is 0 Å². The minimum atomic E-state index is -0.897. The van der Waals surface area contributed by atoms with E-state index in [4.69, 9.17) is 4.74 Å². The SMILES string of the molecule is CSc1cccc2cc(-c3nc4cnccc4[nH]3)c(OCC[S+](C)[O-])cc12. The molecule has 2 aromatic carbocycles. The fourth-order valence-corrected chi connectivity index (χ4v) is 3.94. The molecule has 1 N–H and O–H groups in total. The van der Waals surface area contributed by atoms with Crippen LogP contribution in [0.5, 0.6) is 5.75 Å². The Morgan fingerprint density at radius 1 is 1.26 bits per heavy atom. The Balaban J connectivity index is 1.85. The fraction of sp³-hybridized carbons (Fsp3) is 0.200. The number of rotatable bonds is 6. The molecule has 7 heteroatoms. The zero-order chi connectivity index (χ0) is 18.8. The van der Waals surface area contributed by atoms with Crippen LogP contribution in [0.2, 0.25) is 0 Å². The summed E-state index contributed by atoms with van der Waals surface area (Å²) in [5.74, 6) is 1.97. The van der Waals surface area contributed by atoms with Gasteiger partial charge in [0.15, 0.2) is 0 Å². The number of hydrogen-bond donors (Lipinski definition) is 1. The molecular weight excluding hydrogens is 378 g/mol. The molecule has 0 radical (unpaired) electrons. The molecule has 0 aliphatic heterocycles. The second-order valence-corrected chi connectivity index (χ2v) is 8.54. The average molecular weight is 398 g/mol.